The maximum Gasteiger partial charge on any atom is 0.134 e. The topological polar surface area (TPSA) is 13.1 Å². The van der Waals surface area contributed by atoms with Crippen LogP contribution in [0.2, 0.25) is 0 Å². The second-order valence-electron chi connectivity index (χ2n) is 2.86. The largest absolute Gasteiger partial charge is 0.464 e. The molecule has 1 nitrogen and oxygen atoms in total. The molecule has 68 valence electrons. The molecule has 0 fully saturated rings. The van der Waals surface area contributed by atoms with E-state index in [1.165, 1.54) is 0 Å². The second-order valence-corrected chi connectivity index (χ2v) is 3.39. The predicted molar refractivity (Wildman–Crippen MR) is 55.3 cm³/mol. The summed E-state index contributed by atoms with van der Waals surface area (Å²) < 4.78 is 5.34. The highest BCUT2D eigenvalue weighted by Gasteiger charge is 2.04. The fourth-order valence-corrected chi connectivity index (χ4v) is 1.69. The quantitative estimate of drug-likeness (QED) is 0.692. The molecule has 0 N–H and O–H groups in total. The summed E-state index contributed by atoms with van der Waals surface area (Å²) in [5.41, 5.74) is 2.94. The van der Waals surface area contributed by atoms with Gasteiger partial charge in [0, 0.05) is 16.8 Å². The summed E-state index contributed by atoms with van der Waals surface area (Å²) in [5, 5.41) is 1.07. The zero-order chi connectivity index (χ0) is 9.26. The van der Waals surface area contributed by atoms with Crippen molar-refractivity contribution in [2.75, 3.05) is 0 Å². The first-order chi connectivity index (χ1) is 6.35. The van der Waals surface area contributed by atoms with Crippen molar-refractivity contribution >= 4 is 34.2 Å². The maximum atomic E-state index is 5.73. The van der Waals surface area contributed by atoms with Crippen LogP contribution >= 0.6 is 23.2 Å². The Labute approximate surface area is 86.2 Å². The Morgan fingerprint density at radius 3 is 2.69 bits per heavy atom. The summed E-state index contributed by atoms with van der Waals surface area (Å²) in [6.45, 7) is 0. The Bertz CT molecular complexity index is 420. The van der Waals surface area contributed by atoms with Crippen molar-refractivity contribution in [3.8, 4) is 0 Å². The van der Waals surface area contributed by atoms with Crippen LogP contribution in [0.1, 0.15) is 11.1 Å². The van der Waals surface area contributed by atoms with Gasteiger partial charge in [0.25, 0.3) is 0 Å². The number of hydrogen-bond acceptors (Lipinski definition) is 1. The Kier molecular flexibility index (Phi) is 2.47. The molecule has 0 atom stereocenters. The smallest absolute Gasteiger partial charge is 0.134 e. The van der Waals surface area contributed by atoms with Crippen LogP contribution < -0.4 is 0 Å². The number of alkyl halides is 2. The van der Waals surface area contributed by atoms with Crippen LogP contribution in [0, 0.1) is 0 Å². The van der Waals surface area contributed by atoms with Gasteiger partial charge >= 0.3 is 0 Å². The van der Waals surface area contributed by atoms with Crippen LogP contribution in [0.15, 0.2) is 28.9 Å². The van der Waals surface area contributed by atoms with E-state index in [1.54, 1.807) is 6.26 Å². The van der Waals surface area contributed by atoms with Crippen LogP contribution in [0.5, 0.6) is 0 Å². The van der Waals surface area contributed by atoms with E-state index in [9.17, 15) is 0 Å². The van der Waals surface area contributed by atoms with Gasteiger partial charge in [0.2, 0.25) is 0 Å². The van der Waals surface area contributed by atoms with Crippen molar-refractivity contribution in [2.45, 2.75) is 11.8 Å². The lowest BCUT2D eigenvalue weighted by Crippen LogP contribution is -1.77. The third kappa shape index (κ3) is 1.54. The standard InChI is InChI=1S/C10H8Cl2O/c11-4-7-1-2-9-8(5-12)6-13-10(9)3-7/h1-3,6H,4-5H2. The van der Waals surface area contributed by atoms with Crippen molar-refractivity contribution in [3.05, 3.63) is 35.6 Å². The summed E-state index contributed by atoms with van der Waals surface area (Å²) >= 11 is 11.4. The number of furan rings is 1. The minimum absolute atomic E-state index is 0.479. The molecule has 3 heteroatoms. The zero-order valence-corrected chi connectivity index (χ0v) is 8.40. The number of hydrogen-bond donors (Lipinski definition) is 0. The lowest BCUT2D eigenvalue weighted by atomic mass is 10.1. The Morgan fingerprint density at radius 2 is 2.00 bits per heavy atom. The van der Waals surface area contributed by atoms with Crippen LogP contribution in [-0.4, -0.2) is 0 Å². The molecule has 0 spiro atoms. The molecule has 0 aliphatic rings. The first-order valence-electron chi connectivity index (χ1n) is 3.96. The molecular formula is C10H8Cl2O. The molecule has 2 rings (SSSR count). The summed E-state index contributed by atoms with van der Waals surface area (Å²) in [6.07, 6.45) is 1.69. The molecular weight excluding hydrogens is 207 g/mol. The van der Waals surface area contributed by atoms with Gasteiger partial charge in [-0.2, -0.15) is 0 Å². The first kappa shape index (κ1) is 8.92. The number of halogens is 2. The summed E-state index contributed by atoms with van der Waals surface area (Å²) in [4.78, 5) is 0. The van der Waals surface area contributed by atoms with E-state index >= 15 is 0 Å². The van der Waals surface area contributed by atoms with Crippen LogP contribution in [0.3, 0.4) is 0 Å². The van der Waals surface area contributed by atoms with Gasteiger partial charge in [0.15, 0.2) is 0 Å². The fraction of sp³-hybridized carbons (Fsp3) is 0.200. The van der Waals surface area contributed by atoms with Crippen LogP contribution in [0.4, 0.5) is 0 Å². The number of rotatable bonds is 2. The summed E-state index contributed by atoms with van der Waals surface area (Å²) in [7, 11) is 0. The minimum Gasteiger partial charge on any atom is -0.464 e. The van der Waals surface area contributed by atoms with Gasteiger partial charge in [-0.25, -0.2) is 0 Å². The lowest BCUT2D eigenvalue weighted by Gasteiger charge is -1.94. The van der Waals surface area contributed by atoms with Crippen LogP contribution in [-0.2, 0) is 11.8 Å². The molecule has 1 heterocycles. The Balaban J connectivity index is 2.61. The molecule has 1 aromatic carbocycles. The second kappa shape index (κ2) is 3.60. The van der Waals surface area contributed by atoms with E-state index in [0.29, 0.717) is 11.8 Å². The van der Waals surface area contributed by atoms with Gasteiger partial charge < -0.3 is 4.42 Å². The predicted octanol–water partition coefficient (Wildman–Crippen LogP) is 3.91. The average molecular weight is 215 g/mol. The molecule has 0 aliphatic heterocycles. The highest BCUT2D eigenvalue weighted by molar-refractivity contribution is 6.18. The van der Waals surface area contributed by atoms with E-state index < -0.39 is 0 Å². The minimum atomic E-state index is 0.479. The molecule has 0 bridgehead atoms. The van der Waals surface area contributed by atoms with Gasteiger partial charge in [0.1, 0.15) is 5.58 Å². The van der Waals surface area contributed by atoms with Crippen molar-refractivity contribution in [1.82, 2.24) is 0 Å². The molecule has 1 aromatic heterocycles. The van der Waals surface area contributed by atoms with E-state index in [1.807, 2.05) is 18.2 Å². The maximum absolute atomic E-state index is 5.73. The molecule has 2 aromatic rings. The monoisotopic (exact) mass is 214 g/mol. The van der Waals surface area contributed by atoms with E-state index in [0.717, 1.165) is 22.1 Å². The summed E-state index contributed by atoms with van der Waals surface area (Å²) in [5.74, 6) is 0.986. The normalized spacial score (nSPS) is 10.9. The molecule has 0 aliphatic carbocycles. The van der Waals surface area contributed by atoms with Crippen molar-refractivity contribution in [1.29, 1.82) is 0 Å². The highest BCUT2D eigenvalue weighted by atomic mass is 35.5. The van der Waals surface area contributed by atoms with E-state index in [2.05, 4.69) is 0 Å². The molecule has 0 radical (unpaired) electrons. The Morgan fingerprint density at radius 1 is 1.15 bits per heavy atom. The first-order valence-corrected chi connectivity index (χ1v) is 5.03. The molecule has 0 unspecified atom stereocenters. The van der Waals surface area contributed by atoms with Crippen molar-refractivity contribution in [3.63, 3.8) is 0 Å². The van der Waals surface area contributed by atoms with Gasteiger partial charge in [-0.15, -0.1) is 23.2 Å². The summed E-state index contributed by atoms with van der Waals surface area (Å²) in [6, 6.07) is 5.92. The van der Waals surface area contributed by atoms with Crippen molar-refractivity contribution in [2.24, 2.45) is 0 Å². The van der Waals surface area contributed by atoms with Crippen LogP contribution in [0.25, 0.3) is 11.0 Å². The molecule has 0 saturated heterocycles. The van der Waals surface area contributed by atoms with E-state index in [-0.39, 0.29) is 0 Å². The van der Waals surface area contributed by atoms with Gasteiger partial charge in [-0.1, -0.05) is 12.1 Å². The van der Waals surface area contributed by atoms with E-state index in [4.69, 9.17) is 27.6 Å². The SMILES string of the molecule is ClCc1ccc2c(CCl)coc2c1. The molecule has 0 saturated carbocycles. The number of fused-ring (bicyclic) bond motifs is 1. The average Bonchev–Trinajstić information content (AvgIpc) is 2.59. The fourth-order valence-electron chi connectivity index (χ4n) is 1.31. The van der Waals surface area contributed by atoms with Gasteiger partial charge in [-0.05, 0) is 11.6 Å². The van der Waals surface area contributed by atoms with Gasteiger partial charge in [0.05, 0.1) is 12.1 Å². The Hall–Kier alpha value is -0.660. The third-order valence-electron chi connectivity index (χ3n) is 2.02. The molecule has 0 amide bonds. The van der Waals surface area contributed by atoms with Gasteiger partial charge in [-0.3, -0.25) is 0 Å². The third-order valence-corrected chi connectivity index (χ3v) is 2.61. The van der Waals surface area contributed by atoms with Crippen molar-refractivity contribution < 1.29 is 4.42 Å². The highest BCUT2D eigenvalue weighted by Crippen LogP contribution is 2.24. The zero-order valence-electron chi connectivity index (χ0n) is 6.89. The molecule has 13 heavy (non-hydrogen) atoms. The lowest BCUT2D eigenvalue weighted by molar-refractivity contribution is 0.612. The number of benzene rings is 1.